The molecule has 0 bridgehead atoms. The van der Waals surface area contributed by atoms with Crippen LogP contribution in [0.1, 0.15) is 90.5 Å². The second-order valence-electron chi connectivity index (χ2n) is 14.3. The molecule has 2 aliphatic rings. The first-order valence-electron chi connectivity index (χ1n) is 17.2. The van der Waals surface area contributed by atoms with Gasteiger partial charge >= 0.3 is 5.97 Å². The van der Waals surface area contributed by atoms with Crippen molar-refractivity contribution in [1.82, 2.24) is 26.1 Å². The summed E-state index contributed by atoms with van der Waals surface area (Å²) < 4.78 is 3.29. The third-order valence-electron chi connectivity index (χ3n) is 9.51. The van der Waals surface area contributed by atoms with Gasteiger partial charge in [0.05, 0.1) is 28.3 Å². The maximum absolute atomic E-state index is 14.2. The molecule has 2 fully saturated rings. The number of esters is 1. The Bertz CT molecular complexity index is 1620. The SMILES string of the molecule is CC(C)[C@H](NC(=O)C1(C=Cc2ccc3ccc([C@@H](C)O)nc3c2)CCC(C)(O)CC1)C(=O)N[C@@H](C)C(=O)N1CCC[C@@H](C(=O)OCC(Cl)(Cl)Cl)N1. The topological polar surface area (TPSA) is 170 Å². The van der Waals surface area contributed by atoms with Crippen molar-refractivity contribution in [2.24, 2.45) is 11.3 Å². The minimum atomic E-state index is -1.77. The molecule has 1 aromatic heterocycles. The van der Waals surface area contributed by atoms with Crippen molar-refractivity contribution in [3.63, 3.8) is 0 Å². The zero-order valence-corrected chi connectivity index (χ0v) is 31.8. The number of halogens is 3. The summed E-state index contributed by atoms with van der Waals surface area (Å²) in [5.41, 5.74) is 2.97. The molecular formula is C36H48Cl3N5O7. The molecular weight excluding hydrogens is 721 g/mol. The van der Waals surface area contributed by atoms with E-state index in [9.17, 15) is 29.4 Å². The van der Waals surface area contributed by atoms with E-state index in [1.165, 1.54) is 11.9 Å². The predicted octanol–water partition coefficient (Wildman–Crippen LogP) is 4.67. The van der Waals surface area contributed by atoms with Gasteiger partial charge in [-0.2, -0.15) is 0 Å². The van der Waals surface area contributed by atoms with Crippen LogP contribution in [0, 0.1) is 11.3 Å². The van der Waals surface area contributed by atoms with E-state index < -0.39 is 63.4 Å². The number of aromatic nitrogens is 1. The zero-order valence-electron chi connectivity index (χ0n) is 29.5. The van der Waals surface area contributed by atoms with Crippen molar-refractivity contribution >= 4 is 75.5 Å². The van der Waals surface area contributed by atoms with Gasteiger partial charge < -0.3 is 25.6 Å². The van der Waals surface area contributed by atoms with Crippen molar-refractivity contribution in [2.45, 2.75) is 107 Å². The Labute approximate surface area is 313 Å². The Kier molecular flexibility index (Phi) is 13.4. The number of nitrogens with one attached hydrogen (secondary N) is 3. The molecule has 12 nitrogen and oxygen atoms in total. The Hall–Kier alpha value is -3.00. The van der Waals surface area contributed by atoms with Crippen LogP contribution in [0.5, 0.6) is 0 Å². The quantitative estimate of drug-likeness (QED) is 0.161. The number of rotatable bonds is 11. The lowest BCUT2D eigenvalue weighted by molar-refractivity contribution is -0.152. The number of amides is 3. The number of benzene rings is 1. The summed E-state index contributed by atoms with van der Waals surface area (Å²) >= 11 is 17.0. The van der Waals surface area contributed by atoms with Crippen molar-refractivity contribution < 1.29 is 34.1 Å². The molecule has 1 aliphatic carbocycles. The molecule has 2 aromatic rings. The number of carbonyl (C=O) groups excluding carboxylic acids is 4. The van der Waals surface area contributed by atoms with Crippen LogP contribution in [0.4, 0.5) is 0 Å². The number of fused-ring (bicyclic) bond motifs is 1. The van der Waals surface area contributed by atoms with Crippen LogP contribution in [0.3, 0.4) is 0 Å². The number of aliphatic hydroxyl groups excluding tert-OH is 1. The molecule has 4 rings (SSSR count). The number of aliphatic hydroxyl groups is 2. The molecule has 15 heteroatoms. The van der Waals surface area contributed by atoms with Gasteiger partial charge in [0.2, 0.25) is 15.6 Å². The fourth-order valence-electron chi connectivity index (χ4n) is 6.23. The molecule has 1 aromatic carbocycles. The van der Waals surface area contributed by atoms with Gasteiger partial charge in [-0.15, -0.1) is 0 Å². The summed E-state index contributed by atoms with van der Waals surface area (Å²) in [5, 5.41) is 28.6. The van der Waals surface area contributed by atoms with Crippen LogP contribution < -0.4 is 16.1 Å². The average Bonchev–Trinajstić information content (AvgIpc) is 3.07. The Balaban J connectivity index is 1.46. The van der Waals surface area contributed by atoms with E-state index in [4.69, 9.17) is 39.5 Å². The van der Waals surface area contributed by atoms with E-state index >= 15 is 0 Å². The molecule has 0 radical (unpaired) electrons. The van der Waals surface area contributed by atoms with Crippen molar-refractivity contribution in [3.8, 4) is 0 Å². The van der Waals surface area contributed by atoms with Crippen molar-refractivity contribution in [1.29, 1.82) is 0 Å². The lowest BCUT2D eigenvalue weighted by Crippen LogP contribution is -2.61. The fourth-order valence-corrected chi connectivity index (χ4v) is 6.40. The van der Waals surface area contributed by atoms with E-state index in [-0.39, 0.29) is 11.8 Å². The summed E-state index contributed by atoms with van der Waals surface area (Å²) in [6, 6.07) is 6.61. The number of hydrazine groups is 1. The number of alkyl halides is 3. The minimum Gasteiger partial charge on any atom is -0.460 e. The third-order valence-corrected chi connectivity index (χ3v) is 9.84. The molecule has 5 N–H and O–H groups in total. The summed E-state index contributed by atoms with van der Waals surface area (Å²) in [5.74, 6) is -2.37. The van der Waals surface area contributed by atoms with Crippen LogP contribution in [0.2, 0.25) is 0 Å². The molecule has 280 valence electrons. The highest BCUT2D eigenvalue weighted by Crippen LogP contribution is 2.43. The molecule has 4 atom stereocenters. The molecule has 1 saturated heterocycles. The summed E-state index contributed by atoms with van der Waals surface area (Å²) in [6.07, 6.45) is 5.36. The molecule has 1 aliphatic heterocycles. The second kappa shape index (κ2) is 16.8. The number of nitrogens with zero attached hydrogens (tertiary/aromatic N) is 2. The zero-order chi connectivity index (χ0) is 37.7. The highest BCUT2D eigenvalue weighted by molar-refractivity contribution is 6.67. The smallest absolute Gasteiger partial charge is 0.325 e. The number of hydrogen-bond donors (Lipinski definition) is 5. The first-order chi connectivity index (χ1) is 23.8. The normalized spacial score (nSPS) is 24.6. The van der Waals surface area contributed by atoms with Crippen molar-refractivity contribution in [3.05, 3.63) is 47.7 Å². The first kappa shape index (κ1) is 40.8. The Morgan fingerprint density at radius 2 is 1.75 bits per heavy atom. The largest absolute Gasteiger partial charge is 0.460 e. The number of carbonyl (C=O) groups is 4. The van der Waals surface area contributed by atoms with Crippen LogP contribution in [0.25, 0.3) is 17.0 Å². The van der Waals surface area contributed by atoms with Gasteiger partial charge in [-0.3, -0.25) is 29.2 Å². The van der Waals surface area contributed by atoms with Crippen LogP contribution >= 0.6 is 34.8 Å². The van der Waals surface area contributed by atoms with Gasteiger partial charge in [0.25, 0.3) is 5.91 Å². The molecule has 2 heterocycles. The van der Waals surface area contributed by atoms with E-state index in [0.717, 1.165) is 10.9 Å². The lowest BCUT2D eigenvalue weighted by Gasteiger charge is -2.41. The van der Waals surface area contributed by atoms with Gasteiger partial charge in [-0.25, -0.2) is 5.43 Å². The molecule has 51 heavy (non-hydrogen) atoms. The monoisotopic (exact) mass is 767 g/mol. The molecule has 3 amide bonds. The Morgan fingerprint density at radius 1 is 1.08 bits per heavy atom. The van der Waals surface area contributed by atoms with Crippen LogP contribution in [-0.4, -0.2) is 84.6 Å². The highest BCUT2D eigenvalue weighted by Gasteiger charge is 2.44. The van der Waals surface area contributed by atoms with E-state index in [1.54, 1.807) is 33.8 Å². The van der Waals surface area contributed by atoms with E-state index in [0.29, 0.717) is 56.3 Å². The summed E-state index contributed by atoms with van der Waals surface area (Å²) in [7, 11) is 0. The lowest BCUT2D eigenvalue weighted by atomic mass is 9.68. The van der Waals surface area contributed by atoms with Crippen LogP contribution in [-0.2, 0) is 23.9 Å². The summed E-state index contributed by atoms with van der Waals surface area (Å²) in [4.78, 5) is 58.2. The van der Waals surface area contributed by atoms with Gasteiger partial charge in [0.1, 0.15) is 24.7 Å². The number of pyridine rings is 1. The molecule has 1 saturated carbocycles. The maximum atomic E-state index is 14.2. The predicted molar refractivity (Wildman–Crippen MR) is 196 cm³/mol. The molecule has 0 spiro atoms. The van der Waals surface area contributed by atoms with Gasteiger partial charge in [0, 0.05) is 11.9 Å². The Morgan fingerprint density at radius 3 is 2.37 bits per heavy atom. The minimum absolute atomic E-state index is 0.297. The van der Waals surface area contributed by atoms with Gasteiger partial charge in [-0.05, 0) is 82.9 Å². The van der Waals surface area contributed by atoms with Gasteiger partial charge in [-0.1, -0.05) is 79.0 Å². The molecule has 0 unspecified atom stereocenters. The number of hydrogen-bond acceptors (Lipinski definition) is 9. The van der Waals surface area contributed by atoms with Crippen molar-refractivity contribution in [2.75, 3.05) is 13.2 Å². The summed E-state index contributed by atoms with van der Waals surface area (Å²) in [6.45, 7) is 8.39. The third kappa shape index (κ3) is 11.0. The number of ether oxygens (including phenoxy) is 1. The average molecular weight is 769 g/mol. The van der Waals surface area contributed by atoms with E-state index in [1.807, 2.05) is 36.4 Å². The first-order valence-corrected chi connectivity index (χ1v) is 18.4. The van der Waals surface area contributed by atoms with E-state index in [2.05, 4.69) is 21.0 Å². The standard InChI is InChI=1S/C36H48Cl3N5O7/c1-21(2)29(30(46)40-22(3)31(47)44-18-6-7-27(43-44)32(48)51-20-36(37,38)39)42-33(49)35(16-14-34(5,50)15-17-35)13-12-24-8-9-25-10-11-26(23(4)45)41-28(25)19-24/h8-13,19,21-23,27,29,43,45,50H,6-7,14-18,20H2,1-5H3,(H,40,46)(H,42,49)/t22-,23+,27-,29-,34?,35?/m0/s1. The van der Waals surface area contributed by atoms with Gasteiger partial charge in [0.15, 0.2) is 0 Å². The second-order valence-corrected chi connectivity index (χ2v) is 16.8. The highest BCUT2D eigenvalue weighted by atomic mass is 35.6. The fraction of sp³-hybridized carbons (Fsp3) is 0.583. The maximum Gasteiger partial charge on any atom is 0.325 e. The van der Waals surface area contributed by atoms with Crippen LogP contribution in [0.15, 0.2) is 36.4 Å².